The third kappa shape index (κ3) is 14.9. The Balaban J connectivity index is 2.90. The molecule has 0 atom stereocenters. The van der Waals surface area contributed by atoms with Gasteiger partial charge >= 0.3 is 114 Å². The third-order valence-electron chi connectivity index (χ3n) is 1.91. The summed E-state index contributed by atoms with van der Waals surface area (Å²) >= 11 is -0.893. The Hall–Kier alpha value is 0.929. The Morgan fingerprint density at radius 2 is 2.06 bits per heavy atom. The summed E-state index contributed by atoms with van der Waals surface area (Å²) in [7, 11) is 3.60. The molecule has 16 heavy (non-hydrogen) atoms. The number of carboxylic acid groups (broad SMARTS) is 1. The summed E-state index contributed by atoms with van der Waals surface area (Å²) in [6.45, 7) is 3.93. The monoisotopic (exact) mass is 374 g/mol. The molecule has 0 bridgehead atoms. The van der Waals surface area contributed by atoms with E-state index in [4.69, 9.17) is 9.84 Å². The van der Waals surface area contributed by atoms with Crippen LogP contribution >= 0.6 is 17.9 Å². The minimum atomic E-state index is -0.893. The molecular formula is C10H22O3S2Sn. The first kappa shape index (κ1) is 16.9. The fourth-order valence-corrected chi connectivity index (χ4v) is 13.5. The fourth-order valence-electron chi connectivity index (χ4n) is 1.10. The van der Waals surface area contributed by atoms with Gasteiger partial charge in [-0.15, -0.1) is 0 Å². The number of aliphatic carboxylic acids is 1. The van der Waals surface area contributed by atoms with Crippen LogP contribution in [0.2, 0.25) is 0 Å². The first-order valence-electron chi connectivity index (χ1n) is 5.72. The Bertz CT molecular complexity index is 170. The number of unbranched alkanes of at least 4 members (excludes halogenated alkanes) is 3. The van der Waals surface area contributed by atoms with Crippen molar-refractivity contribution in [2.75, 3.05) is 24.7 Å². The van der Waals surface area contributed by atoms with Crippen molar-refractivity contribution in [1.29, 1.82) is 0 Å². The van der Waals surface area contributed by atoms with Gasteiger partial charge in [0.05, 0.1) is 0 Å². The number of hydrogen-bond donors (Lipinski definition) is 1. The van der Waals surface area contributed by atoms with Gasteiger partial charge in [-0.25, -0.2) is 0 Å². The molecule has 1 N–H and O–H groups in total. The predicted octanol–water partition coefficient (Wildman–Crippen LogP) is 2.13. The molecule has 96 valence electrons. The molecule has 0 aromatic heterocycles. The van der Waals surface area contributed by atoms with Crippen molar-refractivity contribution in [2.45, 2.75) is 32.6 Å². The standard InChI is InChI=1S/C8H18OS.C2H4O2S.Sn.2H/c1-2-3-4-5-6-9-7-8-10;3-2(4)1-5;;;/h10H,2-8H2,1H3;5H,1H2,(H,3,4);;;/q;;+2;;/p-2. The van der Waals surface area contributed by atoms with Gasteiger partial charge in [-0.2, -0.15) is 0 Å². The van der Waals surface area contributed by atoms with Crippen molar-refractivity contribution >= 4 is 42.2 Å². The van der Waals surface area contributed by atoms with Crippen LogP contribution in [0.15, 0.2) is 0 Å². The van der Waals surface area contributed by atoms with E-state index in [1.54, 1.807) is 8.95 Å². The van der Waals surface area contributed by atoms with Gasteiger partial charge in [0, 0.05) is 0 Å². The van der Waals surface area contributed by atoms with Crippen LogP contribution in [0.4, 0.5) is 0 Å². The number of carboxylic acids is 1. The Kier molecular flexibility index (Phi) is 14.8. The van der Waals surface area contributed by atoms with Gasteiger partial charge in [-0.05, 0) is 0 Å². The zero-order chi connectivity index (χ0) is 12.1. The van der Waals surface area contributed by atoms with Crippen molar-refractivity contribution in [3.8, 4) is 0 Å². The Morgan fingerprint density at radius 1 is 1.25 bits per heavy atom. The number of rotatable bonds is 12. The molecule has 3 nitrogen and oxygen atoms in total. The molecule has 0 unspecified atom stereocenters. The average molecular weight is 373 g/mol. The number of ether oxygens (including phenoxy) is 1. The Labute approximate surface area is 114 Å². The summed E-state index contributed by atoms with van der Waals surface area (Å²) in [4.78, 5) is 10.2. The van der Waals surface area contributed by atoms with E-state index in [0.29, 0.717) is 5.75 Å². The predicted molar refractivity (Wildman–Crippen MR) is 76.1 cm³/mol. The normalized spacial score (nSPS) is 11.3. The Morgan fingerprint density at radius 3 is 2.75 bits per heavy atom. The van der Waals surface area contributed by atoms with Crippen LogP contribution in [0, 0.1) is 0 Å². The van der Waals surface area contributed by atoms with E-state index in [-0.39, 0.29) is 0 Å². The molecule has 0 aliphatic heterocycles. The molecule has 0 aromatic rings. The van der Waals surface area contributed by atoms with Crippen LogP contribution in [0.25, 0.3) is 0 Å². The van der Waals surface area contributed by atoms with E-state index >= 15 is 0 Å². The zero-order valence-corrected chi connectivity index (χ0v) is 15.6. The van der Waals surface area contributed by atoms with Crippen LogP contribution in [0.5, 0.6) is 0 Å². The van der Waals surface area contributed by atoms with Crippen LogP contribution in [0.3, 0.4) is 0 Å². The van der Waals surface area contributed by atoms with Crippen LogP contribution in [0.1, 0.15) is 32.6 Å². The van der Waals surface area contributed by atoms with E-state index < -0.39 is 24.3 Å². The van der Waals surface area contributed by atoms with Crippen LogP contribution in [-0.4, -0.2) is 54.2 Å². The van der Waals surface area contributed by atoms with E-state index in [0.717, 1.165) is 19.0 Å². The van der Waals surface area contributed by atoms with E-state index in [2.05, 4.69) is 6.92 Å². The molecule has 0 aliphatic carbocycles. The third-order valence-corrected chi connectivity index (χ3v) is 16.9. The van der Waals surface area contributed by atoms with E-state index in [9.17, 15) is 4.79 Å². The fraction of sp³-hybridized carbons (Fsp3) is 0.900. The topological polar surface area (TPSA) is 46.5 Å². The van der Waals surface area contributed by atoms with E-state index in [1.807, 2.05) is 8.95 Å². The first-order valence-corrected chi connectivity index (χ1v) is 17.9. The average Bonchev–Trinajstić information content (AvgIpc) is 2.25. The molecule has 0 radical (unpaired) electrons. The summed E-state index contributed by atoms with van der Waals surface area (Å²) in [6, 6.07) is 0. The second-order valence-electron chi connectivity index (χ2n) is 3.44. The first-order chi connectivity index (χ1) is 7.77. The van der Waals surface area contributed by atoms with Gasteiger partial charge in [0.1, 0.15) is 0 Å². The summed E-state index contributed by atoms with van der Waals surface area (Å²) in [5, 5.41) is 8.44. The van der Waals surface area contributed by atoms with Crippen molar-refractivity contribution in [3.63, 3.8) is 0 Å². The van der Waals surface area contributed by atoms with Crippen LogP contribution in [-0.2, 0) is 9.53 Å². The molecule has 0 aliphatic rings. The summed E-state index contributed by atoms with van der Waals surface area (Å²) in [5.41, 5.74) is 0. The molecule has 0 heterocycles. The van der Waals surface area contributed by atoms with Crippen LogP contribution < -0.4 is 0 Å². The second-order valence-corrected chi connectivity index (χ2v) is 18.9. The van der Waals surface area contributed by atoms with E-state index in [1.165, 1.54) is 25.7 Å². The molecule has 0 spiro atoms. The maximum atomic E-state index is 10.2. The van der Waals surface area contributed by atoms with Gasteiger partial charge in [-0.1, -0.05) is 0 Å². The van der Waals surface area contributed by atoms with Gasteiger partial charge in [0.2, 0.25) is 0 Å². The molecule has 0 amide bonds. The molecule has 0 saturated heterocycles. The quantitative estimate of drug-likeness (QED) is 0.420. The molecule has 6 heteroatoms. The van der Waals surface area contributed by atoms with Gasteiger partial charge in [-0.3, -0.25) is 0 Å². The molecular weight excluding hydrogens is 351 g/mol. The summed E-state index contributed by atoms with van der Waals surface area (Å²) in [5.74, 6) is 0.659. The van der Waals surface area contributed by atoms with Crippen molar-refractivity contribution < 1.29 is 14.6 Å². The molecule has 0 aromatic carbocycles. The minimum absolute atomic E-state index is 0.293. The molecule has 0 rings (SSSR count). The summed E-state index contributed by atoms with van der Waals surface area (Å²) in [6.07, 6.45) is 5.03. The van der Waals surface area contributed by atoms with Gasteiger partial charge in [0.25, 0.3) is 0 Å². The van der Waals surface area contributed by atoms with Crippen molar-refractivity contribution in [3.05, 3.63) is 0 Å². The number of carbonyl (C=O) groups is 1. The zero-order valence-electron chi connectivity index (χ0n) is 9.94. The van der Waals surface area contributed by atoms with Crippen molar-refractivity contribution in [1.82, 2.24) is 0 Å². The second kappa shape index (κ2) is 14.0. The maximum absolute atomic E-state index is 10.2. The SMILES string of the molecule is CCCCCCOCC[S][SnH2][S]CC(=O)O. The van der Waals surface area contributed by atoms with Crippen molar-refractivity contribution in [2.24, 2.45) is 0 Å². The molecule has 0 saturated carbocycles. The van der Waals surface area contributed by atoms with Gasteiger partial charge < -0.3 is 0 Å². The summed E-state index contributed by atoms with van der Waals surface area (Å²) < 4.78 is 5.50. The number of hydrogen-bond acceptors (Lipinski definition) is 4. The van der Waals surface area contributed by atoms with Gasteiger partial charge in [0.15, 0.2) is 0 Å². The molecule has 0 fully saturated rings.